The summed E-state index contributed by atoms with van der Waals surface area (Å²) in [5.41, 5.74) is 2.81. The summed E-state index contributed by atoms with van der Waals surface area (Å²) in [6.45, 7) is 1.40. The van der Waals surface area contributed by atoms with Crippen molar-refractivity contribution in [3.8, 4) is 11.4 Å². The van der Waals surface area contributed by atoms with Crippen LogP contribution in [-0.4, -0.2) is 28.2 Å². The summed E-state index contributed by atoms with van der Waals surface area (Å²) in [7, 11) is 0. The van der Waals surface area contributed by atoms with Crippen LogP contribution in [0.4, 0.5) is 13.2 Å². The van der Waals surface area contributed by atoms with Crippen molar-refractivity contribution in [2.45, 2.75) is 13.1 Å². The second-order valence-corrected chi connectivity index (χ2v) is 6.84. The number of aryl methyl sites for hydroxylation is 1. The van der Waals surface area contributed by atoms with Crippen LogP contribution in [0.25, 0.3) is 5.69 Å². The Balaban J connectivity index is 1.70. The zero-order chi connectivity index (χ0) is 22.6. The molecule has 0 aliphatic rings. The van der Waals surface area contributed by atoms with Gasteiger partial charge in [-0.3, -0.25) is 20.4 Å². The van der Waals surface area contributed by atoms with Crippen LogP contribution in [0.15, 0.2) is 54.7 Å². The van der Waals surface area contributed by atoms with Crippen molar-refractivity contribution in [2.75, 3.05) is 6.61 Å². The zero-order valence-electron chi connectivity index (χ0n) is 16.0. The number of nitrogens with one attached hydrogen (secondary N) is 2. The van der Waals surface area contributed by atoms with Crippen molar-refractivity contribution in [1.29, 1.82) is 0 Å². The standard InChI is InChI=1S/C20H16ClF3N4O3/c1-12-4-2-7-15(8-12)31-11-17(29)26-27-19(30)16-10-25-28(18(16)20(22,23)24)14-6-3-5-13(21)9-14/h2-10H,11H2,1H3,(H,26,29)(H,27,30). The number of carbonyl (C=O) groups is 2. The fraction of sp³-hybridized carbons (Fsp3) is 0.150. The minimum absolute atomic E-state index is 0.0227. The third kappa shape index (κ3) is 5.54. The molecule has 0 atom stereocenters. The van der Waals surface area contributed by atoms with Crippen LogP contribution in [0.2, 0.25) is 5.02 Å². The van der Waals surface area contributed by atoms with Gasteiger partial charge in [-0.2, -0.15) is 18.3 Å². The third-order valence-corrected chi connectivity index (χ3v) is 4.25. The van der Waals surface area contributed by atoms with Crippen molar-refractivity contribution in [3.63, 3.8) is 0 Å². The lowest BCUT2D eigenvalue weighted by atomic mass is 10.2. The number of halogens is 4. The molecule has 2 aromatic carbocycles. The number of hydrazine groups is 1. The maximum Gasteiger partial charge on any atom is 0.434 e. The van der Waals surface area contributed by atoms with E-state index in [9.17, 15) is 22.8 Å². The fourth-order valence-corrected chi connectivity index (χ4v) is 2.86. The maximum absolute atomic E-state index is 13.6. The first-order valence-electron chi connectivity index (χ1n) is 8.85. The molecule has 1 aromatic heterocycles. The maximum atomic E-state index is 13.6. The van der Waals surface area contributed by atoms with Gasteiger partial charge in [0.1, 0.15) is 5.75 Å². The lowest BCUT2D eigenvalue weighted by molar-refractivity contribution is -0.143. The number of ether oxygens (including phenoxy) is 1. The van der Waals surface area contributed by atoms with E-state index < -0.39 is 35.9 Å². The average molecular weight is 453 g/mol. The molecule has 0 saturated heterocycles. The number of hydrogen-bond donors (Lipinski definition) is 2. The molecule has 2 N–H and O–H groups in total. The van der Waals surface area contributed by atoms with E-state index in [0.29, 0.717) is 10.4 Å². The first-order valence-corrected chi connectivity index (χ1v) is 9.23. The lowest BCUT2D eigenvalue weighted by Gasteiger charge is -2.13. The van der Waals surface area contributed by atoms with E-state index in [1.54, 1.807) is 18.2 Å². The zero-order valence-corrected chi connectivity index (χ0v) is 16.8. The predicted octanol–water partition coefficient (Wildman–Crippen LogP) is 3.69. The van der Waals surface area contributed by atoms with Crippen LogP contribution in [0.3, 0.4) is 0 Å². The largest absolute Gasteiger partial charge is 0.484 e. The number of benzene rings is 2. The predicted molar refractivity (Wildman–Crippen MR) is 106 cm³/mol. The summed E-state index contributed by atoms with van der Waals surface area (Å²) in [4.78, 5) is 24.2. The monoisotopic (exact) mass is 452 g/mol. The van der Waals surface area contributed by atoms with Gasteiger partial charge in [0.05, 0.1) is 17.4 Å². The quantitative estimate of drug-likeness (QED) is 0.578. The molecule has 3 rings (SSSR count). The fourth-order valence-electron chi connectivity index (χ4n) is 2.67. The molecule has 1 heterocycles. The van der Waals surface area contributed by atoms with Crippen LogP contribution in [0.1, 0.15) is 21.6 Å². The van der Waals surface area contributed by atoms with E-state index in [2.05, 4.69) is 5.10 Å². The second kappa shape index (κ2) is 9.09. The van der Waals surface area contributed by atoms with Crippen LogP contribution >= 0.6 is 11.6 Å². The van der Waals surface area contributed by atoms with Crippen LogP contribution in [-0.2, 0) is 11.0 Å². The Morgan fingerprint density at radius 3 is 2.55 bits per heavy atom. The molecule has 0 fully saturated rings. The van der Waals surface area contributed by atoms with Gasteiger partial charge in [0.2, 0.25) is 0 Å². The molecule has 3 aromatic rings. The summed E-state index contributed by atoms with van der Waals surface area (Å²) in [6.07, 6.45) is -4.14. The van der Waals surface area contributed by atoms with Gasteiger partial charge in [-0.1, -0.05) is 29.8 Å². The van der Waals surface area contributed by atoms with E-state index in [4.69, 9.17) is 16.3 Å². The Bertz CT molecular complexity index is 1120. The Labute approximate surface area is 179 Å². The second-order valence-electron chi connectivity index (χ2n) is 6.40. The van der Waals surface area contributed by atoms with E-state index in [0.717, 1.165) is 11.8 Å². The summed E-state index contributed by atoms with van der Waals surface area (Å²) >= 11 is 5.84. The van der Waals surface area contributed by atoms with Gasteiger partial charge >= 0.3 is 6.18 Å². The van der Waals surface area contributed by atoms with Gasteiger partial charge < -0.3 is 4.74 Å². The van der Waals surface area contributed by atoms with Gasteiger partial charge in [0.15, 0.2) is 12.3 Å². The Hall–Kier alpha value is -3.53. The molecule has 0 aliphatic heterocycles. The highest BCUT2D eigenvalue weighted by Crippen LogP contribution is 2.34. The van der Waals surface area contributed by atoms with E-state index in [1.165, 1.54) is 24.3 Å². The van der Waals surface area contributed by atoms with Crippen LogP contribution in [0.5, 0.6) is 5.75 Å². The van der Waals surface area contributed by atoms with Crippen molar-refractivity contribution in [1.82, 2.24) is 20.6 Å². The number of aromatic nitrogens is 2. The minimum Gasteiger partial charge on any atom is -0.484 e. The highest BCUT2D eigenvalue weighted by molar-refractivity contribution is 6.30. The van der Waals surface area contributed by atoms with Gasteiger partial charge in [-0.15, -0.1) is 0 Å². The van der Waals surface area contributed by atoms with Gasteiger partial charge in [0, 0.05) is 5.02 Å². The third-order valence-electron chi connectivity index (χ3n) is 4.01. The Kier molecular flexibility index (Phi) is 6.50. The molecule has 0 bridgehead atoms. The molecular weight excluding hydrogens is 437 g/mol. The van der Waals surface area contributed by atoms with Crippen molar-refractivity contribution >= 4 is 23.4 Å². The average Bonchev–Trinajstić information content (AvgIpc) is 3.16. The SMILES string of the molecule is Cc1cccc(OCC(=O)NNC(=O)c2cnn(-c3cccc(Cl)c3)c2C(F)(F)F)c1. The molecule has 0 radical (unpaired) electrons. The molecule has 7 nitrogen and oxygen atoms in total. The number of hydrogen-bond acceptors (Lipinski definition) is 4. The molecule has 0 unspecified atom stereocenters. The van der Waals surface area contributed by atoms with Gasteiger partial charge in [-0.25, -0.2) is 4.68 Å². The van der Waals surface area contributed by atoms with Crippen molar-refractivity contribution < 1.29 is 27.5 Å². The summed E-state index contributed by atoms with van der Waals surface area (Å²) in [6, 6.07) is 12.5. The van der Waals surface area contributed by atoms with Crippen LogP contribution < -0.4 is 15.6 Å². The number of rotatable bonds is 5. The number of nitrogens with zero attached hydrogens (tertiary/aromatic N) is 2. The normalized spacial score (nSPS) is 11.1. The number of alkyl halides is 3. The molecule has 2 amide bonds. The highest BCUT2D eigenvalue weighted by Gasteiger charge is 2.40. The first-order chi connectivity index (χ1) is 14.6. The summed E-state index contributed by atoms with van der Waals surface area (Å²) in [5.74, 6) is -1.52. The van der Waals surface area contributed by atoms with Gasteiger partial charge in [0.25, 0.3) is 11.8 Å². The summed E-state index contributed by atoms with van der Waals surface area (Å²) in [5, 5.41) is 3.87. The molecule has 162 valence electrons. The topological polar surface area (TPSA) is 85.2 Å². The Morgan fingerprint density at radius 2 is 1.87 bits per heavy atom. The smallest absolute Gasteiger partial charge is 0.434 e. The Morgan fingerprint density at radius 1 is 1.13 bits per heavy atom. The molecule has 31 heavy (non-hydrogen) atoms. The first kappa shape index (κ1) is 22.2. The number of amides is 2. The van der Waals surface area contributed by atoms with Gasteiger partial charge in [-0.05, 0) is 42.8 Å². The molecule has 0 spiro atoms. The van der Waals surface area contributed by atoms with Crippen molar-refractivity contribution in [2.24, 2.45) is 0 Å². The van der Waals surface area contributed by atoms with Crippen molar-refractivity contribution in [3.05, 3.63) is 76.6 Å². The highest BCUT2D eigenvalue weighted by atomic mass is 35.5. The lowest BCUT2D eigenvalue weighted by Crippen LogP contribution is -2.44. The van der Waals surface area contributed by atoms with E-state index in [1.807, 2.05) is 23.8 Å². The summed E-state index contributed by atoms with van der Waals surface area (Å²) < 4.78 is 46.8. The number of carbonyl (C=O) groups excluding carboxylic acids is 2. The molecule has 0 saturated carbocycles. The minimum atomic E-state index is -4.90. The van der Waals surface area contributed by atoms with E-state index >= 15 is 0 Å². The van der Waals surface area contributed by atoms with Crippen LogP contribution in [0, 0.1) is 6.92 Å². The molecular formula is C20H16ClF3N4O3. The molecule has 11 heteroatoms. The van der Waals surface area contributed by atoms with E-state index in [-0.39, 0.29) is 10.7 Å². The molecule has 0 aliphatic carbocycles.